The van der Waals surface area contributed by atoms with Gasteiger partial charge in [0.25, 0.3) is 11.5 Å². The Hall–Kier alpha value is -2.69. The Labute approximate surface area is 165 Å². The van der Waals surface area contributed by atoms with Crippen molar-refractivity contribution in [1.82, 2.24) is 9.97 Å². The van der Waals surface area contributed by atoms with Crippen molar-refractivity contribution in [2.45, 2.75) is 24.8 Å². The van der Waals surface area contributed by atoms with Crippen LogP contribution in [0.15, 0.2) is 40.3 Å². The monoisotopic (exact) mass is 404 g/mol. The van der Waals surface area contributed by atoms with Gasteiger partial charge in [-0.25, -0.2) is 4.98 Å². The average molecular weight is 404 g/mol. The molecule has 2 heterocycles. The lowest BCUT2D eigenvalue weighted by Gasteiger charge is -2.12. The molecule has 0 atom stereocenters. The number of nitrogens with one attached hydrogen (secondary N) is 3. The Morgan fingerprint density at radius 1 is 1.21 bits per heavy atom. The molecular formula is C18H20N4O5S. The van der Waals surface area contributed by atoms with Gasteiger partial charge in [-0.1, -0.05) is 30.0 Å². The largest absolute Gasteiger partial charge is 0.350 e. The predicted octanol–water partition coefficient (Wildman–Crippen LogP) is 1.84. The van der Waals surface area contributed by atoms with Crippen LogP contribution in [-0.4, -0.2) is 47.0 Å². The van der Waals surface area contributed by atoms with Crippen LogP contribution in [0.4, 0.5) is 11.5 Å². The number of hydrogen-bond donors (Lipinski definition) is 3. The summed E-state index contributed by atoms with van der Waals surface area (Å²) in [4.78, 5) is 43.3. The van der Waals surface area contributed by atoms with Crippen molar-refractivity contribution in [3.05, 3.63) is 46.2 Å². The number of rotatable bonds is 7. The number of thioether (sulfide) groups is 1. The van der Waals surface area contributed by atoms with Gasteiger partial charge in [-0.3, -0.25) is 19.4 Å². The topological polar surface area (TPSA) is 122 Å². The van der Waals surface area contributed by atoms with Gasteiger partial charge < -0.3 is 20.1 Å². The minimum Gasteiger partial charge on any atom is -0.350 e. The number of aromatic nitrogens is 2. The van der Waals surface area contributed by atoms with Gasteiger partial charge in [-0.2, -0.15) is 0 Å². The number of benzene rings is 1. The van der Waals surface area contributed by atoms with E-state index < -0.39 is 17.4 Å². The van der Waals surface area contributed by atoms with Crippen LogP contribution in [0.25, 0.3) is 0 Å². The molecule has 0 radical (unpaired) electrons. The zero-order valence-electron chi connectivity index (χ0n) is 15.2. The van der Waals surface area contributed by atoms with Crippen molar-refractivity contribution in [1.29, 1.82) is 0 Å². The molecule has 3 rings (SSSR count). The standard InChI is InChI=1S/C18H20N4O5S/c1-11(23)19-15-14(20-16(24)12-5-3-2-4-6-12)17(25)22-18(21-15)28-10-7-13-26-8-9-27-13/h2-6,13H,7-10H2,1H3,(H,20,24)(H2,19,21,22,23,25). The van der Waals surface area contributed by atoms with Gasteiger partial charge in [0.15, 0.2) is 23.0 Å². The summed E-state index contributed by atoms with van der Waals surface area (Å²) in [5.74, 6) is -0.285. The van der Waals surface area contributed by atoms with Gasteiger partial charge in [0.2, 0.25) is 5.91 Å². The molecule has 9 nitrogen and oxygen atoms in total. The molecule has 1 aromatic heterocycles. The Morgan fingerprint density at radius 2 is 1.93 bits per heavy atom. The fraction of sp³-hybridized carbons (Fsp3) is 0.333. The van der Waals surface area contributed by atoms with Gasteiger partial charge >= 0.3 is 0 Å². The number of amides is 2. The van der Waals surface area contributed by atoms with Crippen molar-refractivity contribution in [3.63, 3.8) is 0 Å². The Kier molecular flexibility index (Phi) is 6.80. The number of nitrogens with zero attached hydrogens (tertiary/aromatic N) is 1. The second-order valence-electron chi connectivity index (χ2n) is 5.90. The maximum absolute atomic E-state index is 12.5. The maximum Gasteiger partial charge on any atom is 0.277 e. The molecule has 1 fully saturated rings. The molecule has 0 unspecified atom stereocenters. The summed E-state index contributed by atoms with van der Waals surface area (Å²) >= 11 is 1.30. The van der Waals surface area contributed by atoms with Crippen LogP contribution in [0.5, 0.6) is 0 Å². The van der Waals surface area contributed by atoms with E-state index in [1.165, 1.54) is 18.7 Å². The second-order valence-corrected chi connectivity index (χ2v) is 6.99. The quantitative estimate of drug-likeness (QED) is 0.475. The molecular weight excluding hydrogens is 384 g/mol. The van der Waals surface area contributed by atoms with E-state index in [0.29, 0.717) is 36.1 Å². The number of anilines is 2. The van der Waals surface area contributed by atoms with Crippen LogP contribution >= 0.6 is 11.8 Å². The van der Waals surface area contributed by atoms with Crippen molar-refractivity contribution in [2.75, 3.05) is 29.6 Å². The Balaban J connectivity index is 1.75. The third-order valence-corrected chi connectivity index (χ3v) is 4.66. The third kappa shape index (κ3) is 5.41. The fourth-order valence-corrected chi connectivity index (χ4v) is 3.32. The first-order valence-electron chi connectivity index (χ1n) is 8.67. The van der Waals surface area contributed by atoms with Crippen molar-refractivity contribution >= 4 is 35.1 Å². The van der Waals surface area contributed by atoms with Gasteiger partial charge in [-0.05, 0) is 12.1 Å². The lowest BCUT2D eigenvalue weighted by atomic mass is 10.2. The summed E-state index contributed by atoms with van der Waals surface area (Å²) in [6.07, 6.45) is 0.384. The zero-order chi connectivity index (χ0) is 19.9. The Bertz CT molecular complexity index is 897. The summed E-state index contributed by atoms with van der Waals surface area (Å²) < 4.78 is 10.7. The Morgan fingerprint density at radius 3 is 2.61 bits per heavy atom. The van der Waals surface area contributed by atoms with E-state index in [0.717, 1.165) is 0 Å². The highest BCUT2D eigenvalue weighted by atomic mass is 32.2. The molecule has 0 saturated carbocycles. The smallest absolute Gasteiger partial charge is 0.277 e. The number of hydrogen-bond acceptors (Lipinski definition) is 7. The number of aromatic amines is 1. The molecule has 148 valence electrons. The number of H-pyrrole nitrogens is 1. The molecule has 10 heteroatoms. The third-order valence-electron chi connectivity index (χ3n) is 3.75. The van der Waals surface area contributed by atoms with Crippen molar-refractivity contribution in [3.8, 4) is 0 Å². The van der Waals surface area contributed by atoms with E-state index in [1.807, 2.05) is 0 Å². The summed E-state index contributed by atoms with van der Waals surface area (Å²) in [7, 11) is 0. The second kappa shape index (κ2) is 9.49. The van der Waals surface area contributed by atoms with Crippen LogP contribution in [0.3, 0.4) is 0 Å². The molecule has 3 N–H and O–H groups in total. The van der Waals surface area contributed by atoms with E-state index in [2.05, 4.69) is 20.6 Å². The summed E-state index contributed by atoms with van der Waals surface area (Å²) in [5, 5.41) is 5.34. The van der Waals surface area contributed by atoms with E-state index in [1.54, 1.807) is 30.3 Å². The molecule has 2 aromatic rings. The molecule has 1 aromatic carbocycles. The fourth-order valence-electron chi connectivity index (χ4n) is 2.50. The highest BCUT2D eigenvalue weighted by molar-refractivity contribution is 7.99. The van der Waals surface area contributed by atoms with Crippen molar-refractivity contribution < 1.29 is 19.1 Å². The van der Waals surface area contributed by atoms with Crippen molar-refractivity contribution in [2.24, 2.45) is 0 Å². The van der Waals surface area contributed by atoms with Gasteiger partial charge in [0.05, 0.1) is 13.2 Å². The van der Waals surface area contributed by atoms with Gasteiger partial charge in [0.1, 0.15) is 0 Å². The maximum atomic E-state index is 12.5. The van der Waals surface area contributed by atoms with Crippen LogP contribution in [0.2, 0.25) is 0 Å². The minimum absolute atomic E-state index is 0.00334. The van der Waals surface area contributed by atoms with E-state index in [4.69, 9.17) is 9.47 Å². The number of ether oxygens (including phenoxy) is 2. The van der Waals surface area contributed by atoms with Gasteiger partial charge in [-0.15, -0.1) is 0 Å². The highest BCUT2D eigenvalue weighted by Crippen LogP contribution is 2.22. The first kappa shape index (κ1) is 20.1. The summed E-state index contributed by atoms with van der Waals surface area (Å²) in [5.41, 5.74) is -0.291. The molecule has 0 bridgehead atoms. The SMILES string of the molecule is CC(=O)Nc1nc(SCCC2OCCO2)[nH]c(=O)c1NC(=O)c1ccccc1. The molecule has 0 aliphatic carbocycles. The molecule has 2 amide bonds. The first-order valence-corrected chi connectivity index (χ1v) is 9.66. The number of carbonyl (C=O) groups is 2. The highest BCUT2D eigenvalue weighted by Gasteiger charge is 2.18. The molecule has 0 spiro atoms. The van der Waals surface area contributed by atoms with Crippen LogP contribution < -0.4 is 16.2 Å². The van der Waals surface area contributed by atoms with Crippen LogP contribution in [-0.2, 0) is 14.3 Å². The zero-order valence-corrected chi connectivity index (χ0v) is 16.0. The number of carbonyl (C=O) groups excluding carboxylic acids is 2. The van der Waals surface area contributed by atoms with Crippen LogP contribution in [0, 0.1) is 0 Å². The van der Waals surface area contributed by atoms with E-state index in [9.17, 15) is 14.4 Å². The van der Waals surface area contributed by atoms with E-state index in [-0.39, 0.29) is 17.8 Å². The normalized spacial score (nSPS) is 14.0. The average Bonchev–Trinajstić information content (AvgIpc) is 3.18. The lowest BCUT2D eigenvalue weighted by Crippen LogP contribution is -2.24. The van der Waals surface area contributed by atoms with Gasteiger partial charge in [0, 0.05) is 24.7 Å². The molecule has 1 aliphatic heterocycles. The summed E-state index contributed by atoms with van der Waals surface area (Å²) in [6.45, 7) is 2.45. The summed E-state index contributed by atoms with van der Waals surface area (Å²) in [6, 6.07) is 8.44. The van der Waals surface area contributed by atoms with E-state index >= 15 is 0 Å². The molecule has 28 heavy (non-hydrogen) atoms. The molecule has 1 saturated heterocycles. The minimum atomic E-state index is -0.557. The molecule has 1 aliphatic rings. The lowest BCUT2D eigenvalue weighted by molar-refractivity contribution is -0.114. The predicted molar refractivity (Wildman–Crippen MR) is 105 cm³/mol. The first-order chi connectivity index (χ1) is 13.5. The van der Waals surface area contributed by atoms with Crippen LogP contribution in [0.1, 0.15) is 23.7 Å².